The molecule has 3 rings (SSSR count). The summed E-state index contributed by atoms with van der Waals surface area (Å²) in [5.74, 6) is -0.721. The first-order chi connectivity index (χ1) is 13.7. The second-order valence-corrected chi connectivity index (χ2v) is 8.65. The van der Waals surface area contributed by atoms with E-state index in [4.69, 9.17) is 16.7 Å². The van der Waals surface area contributed by atoms with Gasteiger partial charge in [0.25, 0.3) is 12.3 Å². The smallest absolute Gasteiger partial charge is 0.280 e. The highest BCUT2D eigenvalue weighted by Crippen LogP contribution is 2.36. The summed E-state index contributed by atoms with van der Waals surface area (Å²) in [6.07, 6.45) is -0.640. The van der Waals surface area contributed by atoms with Crippen LogP contribution < -0.4 is 10.0 Å². The average Bonchev–Trinajstić information content (AvgIpc) is 3.20. The standard InChI is InChI=1S/C17H19ClF2N4O4S/c1-9(8-25)23-29(27,28)15-12-3-2-6-24(12)14(13(15)18)17(26)22-10-4-5-21-11(7-10)16(19)20/h4-5,7,9,16,23,25H,2-3,6,8H2,1H3,(H,21,22,26). The molecule has 1 aliphatic heterocycles. The minimum absolute atomic E-state index is 0.0633. The van der Waals surface area contributed by atoms with E-state index >= 15 is 0 Å². The van der Waals surface area contributed by atoms with Crippen LogP contribution in [-0.4, -0.2) is 41.6 Å². The van der Waals surface area contributed by atoms with E-state index in [1.54, 1.807) is 0 Å². The Balaban J connectivity index is 1.99. The highest BCUT2D eigenvalue weighted by atomic mass is 35.5. The van der Waals surface area contributed by atoms with E-state index in [-0.39, 0.29) is 21.3 Å². The molecule has 3 N–H and O–H groups in total. The fourth-order valence-corrected chi connectivity index (χ4v) is 5.38. The van der Waals surface area contributed by atoms with Crippen molar-refractivity contribution in [3.8, 4) is 0 Å². The third-order valence-electron chi connectivity index (χ3n) is 4.44. The van der Waals surface area contributed by atoms with Gasteiger partial charge >= 0.3 is 0 Å². The number of aliphatic hydroxyl groups is 1. The Bertz CT molecular complexity index is 1040. The quantitative estimate of drug-likeness (QED) is 0.601. The summed E-state index contributed by atoms with van der Waals surface area (Å²) in [5, 5.41) is 11.4. The van der Waals surface area contributed by atoms with E-state index in [1.165, 1.54) is 17.6 Å². The molecule has 1 aliphatic rings. The Morgan fingerprint density at radius 3 is 2.83 bits per heavy atom. The predicted octanol–water partition coefficient (Wildman–Crippen LogP) is 2.33. The van der Waals surface area contributed by atoms with E-state index in [0.717, 1.165) is 12.3 Å². The molecule has 1 unspecified atom stereocenters. The molecular weight excluding hydrogens is 430 g/mol. The van der Waals surface area contributed by atoms with Crippen LogP contribution in [0.5, 0.6) is 0 Å². The van der Waals surface area contributed by atoms with Crippen molar-refractivity contribution in [2.45, 2.75) is 43.7 Å². The van der Waals surface area contributed by atoms with Gasteiger partial charge in [0.15, 0.2) is 0 Å². The summed E-state index contributed by atoms with van der Waals surface area (Å²) in [5.41, 5.74) is -0.0894. The zero-order valence-corrected chi connectivity index (χ0v) is 16.9. The number of aliphatic hydroxyl groups excluding tert-OH is 1. The van der Waals surface area contributed by atoms with E-state index in [9.17, 15) is 22.0 Å². The van der Waals surface area contributed by atoms with Crippen molar-refractivity contribution < 1.29 is 27.1 Å². The van der Waals surface area contributed by atoms with Gasteiger partial charge in [-0.05, 0) is 31.9 Å². The molecule has 0 bridgehead atoms. The number of carbonyl (C=O) groups excluding carboxylic acids is 1. The fraction of sp³-hybridized carbons (Fsp3) is 0.412. The topological polar surface area (TPSA) is 113 Å². The van der Waals surface area contributed by atoms with Crippen LogP contribution in [0.4, 0.5) is 14.5 Å². The number of pyridine rings is 1. The van der Waals surface area contributed by atoms with Gasteiger partial charge in [-0.1, -0.05) is 11.6 Å². The molecule has 1 amide bonds. The van der Waals surface area contributed by atoms with E-state index in [2.05, 4.69) is 15.0 Å². The molecule has 0 spiro atoms. The number of halogens is 3. The fourth-order valence-electron chi connectivity index (χ4n) is 3.20. The summed E-state index contributed by atoms with van der Waals surface area (Å²) in [6.45, 7) is 1.47. The monoisotopic (exact) mass is 448 g/mol. The third-order valence-corrected chi connectivity index (χ3v) is 6.61. The number of nitrogens with zero attached hydrogens (tertiary/aromatic N) is 2. The Labute approximate surface area is 170 Å². The first-order valence-corrected chi connectivity index (χ1v) is 10.6. The number of anilines is 1. The lowest BCUT2D eigenvalue weighted by atomic mass is 10.2. The largest absolute Gasteiger partial charge is 0.395 e. The van der Waals surface area contributed by atoms with Crippen LogP contribution in [0.2, 0.25) is 5.02 Å². The van der Waals surface area contributed by atoms with Gasteiger partial charge in [-0.25, -0.2) is 21.9 Å². The second kappa shape index (κ2) is 8.34. The molecule has 158 valence electrons. The van der Waals surface area contributed by atoms with Crippen molar-refractivity contribution in [2.75, 3.05) is 11.9 Å². The summed E-state index contributed by atoms with van der Waals surface area (Å²) >= 11 is 6.31. The number of fused-ring (bicyclic) bond motifs is 1. The maximum Gasteiger partial charge on any atom is 0.280 e. The second-order valence-electron chi connectivity index (χ2n) is 6.62. The first kappa shape index (κ1) is 21.6. The molecule has 2 aromatic rings. The maximum atomic E-state index is 12.8. The number of aromatic nitrogens is 2. The minimum Gasteiger partial charge on any atom is -0.395 e. The molecule has 0 fully saturated rings. The zero-order chi connectivity index (χ0) is 21.3. The molecule has 0 saturated carbocycles. The molecule has 29 heavy (non-hydrogen) atoms. The van der Waals surface area contributed by atoms with E-state index in [1.807, 2.05) is 0 Å². The highest BCUT2D eigenvalue weighted by molar-refractivity contribution is 7.89. The molecule has 0 radical (unpaired) electrons. The highest BCUT2D eigenvalue weighted by Gasteiger charge is 2.35. The maximum absolute atomic E-state index is 12.8. The summed E-state index contributed by atoms with van der Waals surface area (Å²) in [6, 6.07) is 1.63. The molecule has 1 atom stereocenters. The molecular formula is C17H19ClF2N4O4S. The molecule has 2 aromatic heterocycles. The number of nitrogens with one attached hydrogen (secondary N) is 2. The van der Waals surface area contributed by atoms with Crippen molar-refractivity contribution >= 4 is 33.2 Å². The summed E-state index contributed by atoms with van der Waals surface area (Å²) < 4.78 is 55.0. The van der Waals surface area contributed by atoms with Crippen LogP contribution in [0.3, 0.4) is 0 Å². The molecule has 3 heterocycles. The Morgan fingerprint density at radius 2 is 2.17 bits per heavy atom. The number of amides is 1. The number of rotatable bonds is 7. The molecule has 8 nitrogen and oxygen atoms in total. The van der Waals surface area contributed by atoms with Gasteiger partial charge < -0.3 is 15.0 Å². The SMILES string of the molecule is CC(CO)NS(=O)(=O)c1c(Cl)c(C(=O)Nc2ccnc(C(F)F)c2)n2c1CCC2. The van der Waals surface area contributed by atoms with Crippen LogP contribution in [0.15, 0.2) is 23.2 Å². The number of hydrogen-bond acceptors (Lipinski definition) is 5. The van der Waals surface area contributed by atoms with Gasteiger partial charge in [-0.2, -0.15) is 0 Å². The average molecular weight is 449 g/mol. The van der Waals surface area contributed by atoms with E-state index in [0.29, 0.717) is 25.1 Å². The molecule has 12 heteroatoms. The Hall–Kier alpha value is -2.08. The van der Waals surface area contributed by atoms with Crippen molar-refractivity contribution in [1.29, 1.82) is 0 Å². The van der Waals surface area contributed by atoms with Gasteiger partial charge in [-0.15, -0.1) is 0 Å². The van der Waals surface area contributed by atoms with Gasteiger partial charge in [-0.3, -0.25) is 9.78 Å². The third kappa shape index (κ3) is 4.27. The number of alkyl halides is 2. The van der Waals surface area contributed by atoms with Crippen LogP contribution in [-0.2, 0) is 23.0 Å². The lowest BCUT2D eigenvalue weighted by Crippen LogP contribution is -2.35. The minimum atomic E-state index is -4.08. The predicted molar refractivity (Wildman–Crippen MR) is 102 cm³/mol. The van der Waals surface area contributed by atoms with Gasteiger partial charge in [0.05, 0.1) is 11.6 Å². The van der Waals surface area contributed by atoms with Crippen LogP contribution in [0.25, 0.3) is 0 Å². The Kier molecular flexibility index (Phi) is 6.22. The lowest BCUT2D eigenvalue weighted by molar-refractivity contribution is 0.101. The van der Waals surface area contributed by atoms with Gasteiger partial charge in [0, 0.05) is 30.2 Å². The van der Waals surface area contributed by atoms with Crippen LogP contribution in [0, 0.1) is 0 Å². The van der Waals surface area contributed by atoms with Crippen molar-refractivity contribution in [1.82, 2.24) is 14.3 Å². The van der Waals surface area contributed by atoms with Crippen molar-refractivity contribution in [2.24, 2.45) is 0 Å². The normalized spacial score (nSPS) is 14.8. The van der Waals surface area contributed by atoms with Crippen molar-refractivity contribution in [3.05, 3.63) is 40.4 Å². The number of sulfonamides is 1. The molecule has 0 saturated heterocycles. The molecule has 0 aromatic carbocycles. The summed E-state index contributed by atoms with van der Waals surface area (Å²) in [4.78, 5) is 16.1. The van der Waals surface area contributed by atoms with E-state index < -0.39 is 40.7 Å². The lowest BCUT2D eigenvalue weighted by Gasteiger charge is -2.12. The number of carbonyl (C=O) groups is 1. The zero-order valence-electron chi connectivity index (χ0n) is 15.3. The number of hydrogen-bond donors (Lipinski definition) is 3. The Morgan fingerprint density at radius 1 is 1.45 bits per heavy atom. The van der Waals surface area contributed by atoms with Gasteiger partial charge in [0.1, 0.15) is 16.3 Å². The molecule has 0 aliphatic carbocycles. The van der Waals surface area contributed by atoms with Crippen LogP contribution >= 0.6 is 11.6 Å². The van der Waals surface area contributed by atoms with Crippen LogP contribution in [0.1, 0.15) is 41.6 Å². The van der Waals surface area contributed by atoms with Crippen molar-refractivity contribution in [3.63, 3.8) is 0 Å². The first-order valence-electron chi connectivity index (χ1n) is 8.75. The van der Waals surface area contributed by atoms with Gasteiger partial charge in [0.2, 0.25) is 10.0 Å². The summed E-state index contributed by atoms with van der Waals surface area (Å²) in [7, 11) is -4.08.